The van der Waals surface area contributed by atoms with Crippen LogP contribution in [0.1, 0.15) is 25.7 Å². The fourth-order valence-electron chi connectivity index (χ4n) is 2.49. The molecule has 0 aliphatic heterocycles. The van der Waals surface area contributed by atoms with Crippen molar-refractivity contribution in [2.45, 2.75) is 31.8 Å². The molecule has 2 aromatic heterocycles. The molecule has 0 saturated heterocycles. The molecule has 7 nitrogen and oxygen atoms in total. The minimum atomic E-state index is 0.139. The van der Waals surface area contributed by atoms with E-state index in [1.54, 1.807) is 16.9 Å². The molecule has 2 N–H and O–H groups in total. The Morgan fingerprint density at radius 3 is 3.11 bits per heavy atom. The number of aromatic nitrogens is 5. The Bertz CT molecular complexity index is 527. The molecular formula is C11H16N6O. The topological polar surface area (TPSA) is 91.2 Å². The van der Waals surface area contributed by atoms with Gasteiger partial charge in [0.2, 0.25) is 11.5 Å². The molecule has 0 radical (unpaired) electrons. The molecule has 2 aromatic rings. The number of ether oxygens (including phenoxy) is 1. The van der Waals surface area contributed by atoms with Gasteiger partial charge in [-0.25, -0.2) is 0 Å². The highest BCUT2D eigenvalue weighted by molar-refractivity contribution is 5.34. The summed E-state index contributed by atoms with van der Waals surface area (Å²) in [6.45, 7) is 0.656. The summed E-state index contributed by atoms with van der Waals surface area (Å²) < 4.78 is 7.57. The van der Waals surface area contributed by atoms with E-state index in [0.29, 0.717) is 24.0 Å². The predicted octanol–water partition coefficient (Wildman–Crippen LogP) is 0.416. The summed E-state index contributed by atoms with van der Waals surface area (Å²) in [4.78, 5) is 4.08. The van der Waals surface area contributed by atoms with Crippen molar-refractivity contribution in [1.29, 1.82) is 0 Å². The zero-order valence-corrected chi connectivity index (χ0v) is 10.1. The van der Waals surface area contributed by atoms with Crippen LogP contribution in [0.15, 0.2) is 12.4 Å². The van der Waals surface area contributed by atoms with E-state index in [-0.39, 0.29) is 6.10 Å². The van der Waals surface area contributed by atoms with Crippen molar-refractivity contribution in [3.05, 3.63) is 12.4 Å². The lowest BCUT2D eigenvalue weighted by molar-refractivity contribution is 0.0892. The Hall–Kier alpha value is -1.76. The number of hydrogen-bond acceptors (Lipinski definition) is 6. The van der Waals surface area contributed by atoms with Crippen molar-refractivity contribution in [3.8, 4) is 5.88 Å². The lowest BCUT2D eigenvalue weighted by Gasteiger charge is -2.30. The van der Waals surface area contributed by atoms with Gasteiger partial charge in [0.25, 0.3) is 0 Å². The van der Waals surface area contributed by atoms with Crippen LogP contribution in [-0.2, 0) is 0 Å². The molecule has 2 unspecified atom stereocenters. The molecule has 3 rings (SSSR count). The fraction of sp³-hybridized carbons (Fsp3) is 0.636. The summed E-state index contributed by atoms with van der Waals surface area (Å²) in [6.07, 6.45) is 7.95. The zero-order valence-electron chi connectivity index (χ0n) is 10.1. The lowest BCUT2D eigenvalue weighted by atomic mass is 9.86. The predicted molar refractivity (Wildman–Crippen MR) is 64.0 cm³/mol. The number of nitrogens with zero attached hydrogens (tertiary/aromatic N) is 5. The Balaban J connectivity index is 1.84. The van der Waals surface area contributed by atoms with Crippen LogP contribution in [0.5, 0.6) is 5.88 Å². The van der Waals surface area contributed by atoms with Crippen LogP contribution < -0.4 is 10.5 Å². The molecule has 0 amide bonds. The van der Waals surface area contributed by atoms with Crippen molar-refractivity contribution < 1.29 is 4.74 Å². The Morgan fingerprint density at radius 1 is 1.33 bits per heavy atom. The van der Waals surface area contributed by atoms with E-state index in [2.05, 4.69) is 20.5 Å². The van der Waals surface area contributed by atoms with E-state index in [1.165, 1.54) is 12.8 Å². The molecular weight excluding hydrogens is 232 g/mol. The van der Waals surface area contributed by atoms with Gasteiger partial charge >= 0.3 is 0 Å². The van der Waals surface area contributed by atoms with Crippen molar-refractivity contribution in [1.82, 2.24) is 25.0 Å². The minimum Gasteiger partial charge on any atom is -0.473 e. The third kappa shape index (κ3) is 2.01. The minimum absolute atomic E-state index is 0.139. The average molecular weight is 248 g/mol. The molecule has 1 aliphatic carbocycles. The standard InChI is InChI=1S/C11H16N6O/c12-5-8-3-1-2-4-9(8)18-11-7-13-6-10-14-15-16-17(10)11/h6-9H,1-5,12H2. The Labute approximate surface area is 104 Å². The number of hydrogen-bond donors (Lipinski definition) is 1. The molecule has 2 atom stereocenters. The highest BCUT2D eigenvalue weighted by atomic mass is 16.5. The van der Waals surface area contributed by atoms with Crippen LogP contribution in [0.2, 0.25) is 0 Å². The summed E-state index contributed by atoms with van der Waals surface area (Å²) >= 11 is 0. The molecule has 0 bridgehead atoms. The number of nitrogens with two attached hydrogens (primary N) is 1. The third-order valence-corrected chi connectivity index (χ3v) is 3.49. The molecule has 18 heavy (non-hydrogen) atoms. The highest BCUT2D eigenvalue weighted by Crippen LogP contribution is 2.27. The number of rotatable bonds is 3. The van der Waals surface area contributed by atoms with Crippen LogP contribution in [0.4, 0.5) is 0 Å². The average Bonchev–Trinajstić information content (AvgIpc) is 2.89. The van der Waals surface area contributed by atoms with Gasteiger partial charge in [0.05, 0.1) is 12.4 Å². The second-order valence-electron chi connectivity index (χ2n) is 4.63. The quantitative estimate of drug-likeness (QED) is 0.846. The van der Waals surface area contributed by atoms with Gasteiger partial charge < -0.3 is 10.5 Å². The van der Waals surface area contributed by atoms with Crippen molar-refractivity contribution >= 4 is 5.65 Å². The van der Waals surface area contributed by atoms with Gasteiger partial charge in [-0.2, -0.15) is 4.52 Å². The van der Waals surface area contributed by atoms with Gasteiger partial charge in [0.1, 0.15) is 6.10 Å². The first-order chi connectivity index (χ1) is 8.88. The maximum Gasteiger partial charge on any atom is 0.237 e. The SMILES string of the molecule is NCC1CCCCC1Oc1cncc2nnnn12. The smallest absolute Gasteiger partial charge is 0.237 e. The summed E-state index contributed by atoms with van der Waals surface area (Å²) in [6, 6.07) is 0. The molecule has 0 aromatic carbocycles. The van der Waals surface area contributed by atoms with Crippen LogP contribution in [0, 0.1) is 5.92 Å². The van der Waals surface area contributed by atoms with E-state index in [4.69, 9.17) is 10.5 Å². The first kappa shape index (κ1) is 11.3. The van der Waals surface area contributed by atoms with Gasteiger partial charge in [-0.3, -0.25) is 4.98 Å². The van der Waals surface area contributed by atoms with Crippen LogP contribution in [-0.4, -0.2) is 37.7 Å². The van der Waals surface area contributed by atoms with Crippen LogP contribution in [0.3, 0.4) is 0 Å². The Morgan fingerprint density at radius 2 is 2.22 bits per heavy atom. The van der Waals surface area contributed by atoms with E-state index < -0.39 is 0 Å². The van der Waals surface area contributed by atoms with E-state index in [0.717, 1.165) is 12.8 Å². The van der Waals surface area contributed by atoms with Crippen LogP contribution in [0.25, 0.3) is 5.65 Å². The zero-order chi connectivity index (χ0) is 12.4. The first-order valence-electron chi connectivity index (χ1n) is 6.27. The normalized spacial score (nSPS) is 24.3. The summed E-state index contributed by atoms with van der Waals surface area (Å²) in [5, 5.41) is 11.4. The van der Waals surface area contributed by atoms with Gasteiger partial charge in [0.15, 0.2) is 0 Å². The van der Waals surface area contributed by atoms with Crippen molar-refractivity contribution in [2.24, 2.45) is 11.7 Å². The summed E-state index contributed by atoms with van der Waals surface area (Å²) in [5.41, 5.74) is 6.39. The second kappa shape index (κ2) is 4.85. The maximum absolute atomic E-state index is 6.01. The van der Waals surface area contributed by atoms with Crippen LogP contribution >= 0.6 is 0 Å². The second-order valence-corrected chi connectivity index (χ2v) is 4.63. The summed E-state index contributed by atoms with van der Waals surface area (Å²) in [5.74, 6) is 0.994. The van der Waals surface area contributed by atoms with Crippen molar-refractivity contribution in [3.63, 3.8) is 0 Å². The molecule has 2 heterocycles. The molecule has 7 heteroatoms. The molecule has 0 spiro atoms. The maximum atomic E-state index is 6.01. The highest BCUT2D eigenvalue weighted by Gasteiger charge is 2.26. The van der Waals surface area contributed by atoms with E-state index in [1.807, 2.05) is 0 Å². The number of tetrazole rings is 1. The number of fused-ring (bicyclic) bond motifs is 1. The summed E-state index contributed by atoms with van der Waals surface area (Å²) in [7, 11) is 0. The third-order valence-electron chi connectivity index (χ3n) is 3.49. The molecule has 1 fully saturated rings. The largest absolute Gasteiger partial charge is 0.473 e. The van der Waals surface area contributed by atoms with E-state index >= 15 is 0 Å². The van der Waals surface area contributed by atoms with Gasteiger partial charge in [-0.1, -0.05) is 6.42 Å². The Kier molecular flexibility index (Phi) is 3.06. The van der Waals surface area contributed by atoms with Gasteiger partial charge in [-0.15, -0.1) is 5.10 Å². The van der Waals surface area contributed by atoms with E-state index in [9.17, 15) is 0 Å². The van der Waals surface area contributed by atoms with Crippen molar-refractivity contribution in [2.75, 3.05) is 6.54 Å². The van der Waals surface area contributed by atoms with Gasteiger partial charge in [0, 0.05) is 5.92 Å². The monoisotopic (exact) mass is 248 g/mol. The first-order valence-corrected chi connectivity index (χ1v) is 6.27. The molecule has 1 aliphatic rings. The lowest BCUT2D eigenvalue weighted by Crippen LogP contribution is -2.35. The molecule has 1 saturated carbocycles. The fourth-order valence-corrected chi connectivity index (χ4v) is 2.49. The molecule has 96 valence electrons. The van der Waals surface area contributed by atoms with Gasteiger partial charge in [-0.05, 0) is 36.2 Å².